The minimum atomic E-state index is 0.0814. The minimum absolute atomic E-state index is 0.0814. The van der Waals surface area contributed by atoms with E-state index in [9.17, 15) is 9.90 Å². The lowest BCUT2D eigenvalue weighted by Gasteiger charge is -2.47. The maximum Gasteiger partial charge on any atom is 0.232 e. The number of carbonyl (C=O) groups is 1. The highest BCUT2D eigenvalue weighted by Gasteiger charge is 2.56. The molecule has 0 saturated carbocycles. The van der Waals surface area contributed by atoms with Gasteiger partial charge in [0.1, 0.15) is 0 Å². The van der Waals surface area contributed by atoms with E-state index in [2.05, 4.69) is 20.8 Å². The Balaban J connectivity index is 2.29. The molecular weight excluding hydrogens is 190 g/mol. The Hall–Kier alpha value is -0.830. The van der Waals surface area contributed by atoms with Crippen molar-refractivity contribution in [2.75, 3.05) is 6.61 Å². The number of nitrogens with zero attached hydrogens (tertiary/aromatic N) is 1. The predicted molar refractivity (Wildman–Crippen MR) is 57.9 cm³/mol. The second-order valence-electron chi connectivity index (χ2n) is 5.03. The second-order valence-corrected chi connectivity index (χ2v) is 5.03. The number of hydrogen-bond donors (Lipinski definition) is 1. The average Bonchev–Trinajstić information content (AvgIpc) is 2.33. The van der Waals surface area contributed by atoms with Gasteiger partial charge in [0.25, 0.3) is 0 Å². The van der Waals surface area contributed by atoms with Crippen molar-refractivity contribution >= 4 is 5.91 Å². The van der Waals surface area contributed by atoms with Crippen LogP contribution in [-0.2, 0) is 4.79 Å². The van der Waals surface area contributed by atoms with Crippen LogP contribution >= 0.6 is 0 Å². The van der Waals surface area contributed by atoms with Gasteiger partial charge in [0, 0.05) is 11.6 Å². The van der Waals surface area contributed by atoms with Crippen LogP contribution in [-0.4, -0.2) is 28.6 Å². The summed E-state index contributed by atoms with van der Waals surface area (Å²) in [5, 5.41) is 9.29. The summed E-state index contributed by atoms with van der Waals surface area (Å²) in [4.78, 5) is 13.8. The van der Waals surface area contributed by atoms with Crippen LogP contribution in [0.5, 0.6) is 0 Å². The van der Waals surface area contributed by atoms with E-state index in [0.717, 1.165) is 11.3 Å². The number of carbonyl (C=O) groups excluding carboxylic acids is 1. The number of aliphatic hydroxyl groups is 1. The van der Waals surface area contributed by atoms with Crippen LogP contribution in [0.15, 0.2) is 11.3 Å². The molecule has 1 amide bonds. The van der Waals surface area contributed by atoms with Crippen molar-refractivity contribution in [3.63, 3.8) is 0 Å². The summed E-state index contributed by atoms with van der Waals surface area (Å²) < 4.78 is 0. The third-order valence-electron chi connectivity index (χ3n) is 3.97. The summed E-state index contributed by atoms with van der Waals surface area (Å²) in [6.07, 6.45) is 0. The summed E-state index contributed by atoms with van der Waals surface area (Å²) in [6.45, 7) is 8.33. The van der Waals surface area contributed by atoms with E-state index in [1.807, 2.05) is 11.8 Å². The van der Waals surface area contributed by atoms with Crippen LogP contribution in [0.4, 0.5) is 0 Å². The van der Waals surface area contributed by atoms with E-state index in [1.54, 1.807) is 0 Å². The number of hydrogen-bond acceptors (Lipinski definition) is 2. The summed E-state index contributed by atoms with van der Waals surface area (Å²) in [7, 11) is 0. The zero-order chi connectivity index (χ0) is 11.3. The first-order valence-electron chi connectivity index (χ1n) is 5.64. The first kappa shape index (κ1) is 10.7. The monoisotopic (exact) mass is 209 g/mol. The second kappa shape index (κ2) is 3.34. The van der Waals surface area contributed by atoms with Crippen molar-refractivity contribution in [1.29, 1.82) is 0 Å². The highest BCUT2D eigenvalue weighted by Crippen LogP contribution is 2.47. The van der Waals surface area contributed by atoms with Gasteiger partial charge >= 0.3 is 0 Å². The molecule has 3 atom stereocenters. The molecule has 3 nitrogen and oxygen atoms in total. The first-order valence-corrected chi connectivity index (χ1v) is 5.64. The number of allylic oxidation sites excluding steroid dienone is 1. The zero-order valence-corrected chi connectivity index (χ0v) is 9.82. The lowest BCUT2D eigenvalue weighted by Crippen LogP contribution is -2.61. The van der Waals surface area contributed by atoms with Crippen LogP contribution in [0.3, 0.4) is 0 Å². The summed E-state index contributed by atoms with van der Waals surface area (Å²) >= 11 is 0. The van der Waals surface area contributed by atoms with Gasteiger partial charge in [-0.3, -0.25) is 4.79 Å². The Morgan fingerprint density at radius 2 is 2.07 bits per heavy atom. The van der Waals surface area contributed by atoms with Gasteiger partial charge in [-0.1, -0.05) is 20.8 Å². The third kappa shape index (κ3) is 1.19. The van der Waals surface area contributed by atoms with E-state index >= 15 is 0 Å². The number of rotatable bonds is 2. The lowest BCUT2D eigenvalue weighted by atomic mass is 9.74. The largest absolute Gasteiger partial charge is 0.392 e. The Bertz CT molecular complexity index is 333. The summed E-state index contributed by atoms with van der Waals surface area (Å²) in [6, 6.07) is 0.305. The molecule has 0 aliphatic carbocycles. The molecular formula is C12H19NO2. The quantitative estimate of drug-likeness (QED) is 0.698. The van der Waals surface area contributed by atoms with Gasteiger partial charge in [-0.25, -0.2) is 0 Å². The molecule has 2 aliphatic heterocycles. The van der Waals surface area contributed by atoms with Gasteiger partial charge in [0.15, 0.2) is 0 Å². The summed E-state index contributed by atoms with van der Waals surface area (Å²) in [5.74, 6) is 1.11. The average molecular weight is 209 g/mol. The fourth-order valence-electron chi connectivity index (χ4n) is 3.08. The lowest BCUT2D eigenvalue weighted by molar-refractivity contribution is -0.155. The molecule has 2 rings (SSSR count). The van der Waals surface area contributed by atoms with Crippen molar-refractivity contribution in [2.45, 2.75) is 33.7 Å². The Morgan fingerprint density at radius 3 is 2.53 bits per heavy atom. The Morgan fingerprint density at radius 1 is 1.47 bits per heavy atom. The van der Waals surface area contributed by atoms with Gasteiger partial charge in [-0.15, -0.1) is 0 Å². The number of amides is 1. The molecule has 1 N–H and O–H groups in total. The van der Waals surface area contributed by atoms with Crippen molar-refractivity contribution in [3.05, 3.63) is 11.3 Å². The number of fused-ring (bicyclic) bond motifs is 1. The van der Waals surface area contributed by atoms with E-state index < -0.39 is 0 Å². The first-order chi connectivity index (χ1) is 7.00. The molecule has 2 heterocycles. The van der Waals surface area contributed by atoms with Crippen LogP contribution in [0.1, 0.15) is 27.7 Å². The molecule has 0 radical (unpaired) electrons. The van der Waals surface area contributed by atoms with Crippen molar-refractivity contribution < 1.29 is 9.90 Å². The smallest absolute Gasteiger partial charge is 0.232 e. The molecule has 2 aliphatic rings. The summed E-state index contributed by atoms with van der Waals surface area (Å²) in [5.41, 5.74) is 2.02. The van der Waals surface area contributed by atoms with Crippen LogP contribution in [0.2, 0.25) is 0 Å². The Kier molecular flexibility index (Phi) is 2.38. The van der Waals surface area contributed by atoms with Crippen LogP contribution in [0.25, 0.3) is 0 Å². The molecule has 84 valence electrons. The van der Waals surface area contributed by atoms with E-state index in [4.69, 9.17) is 0 Å². The molecule has 0 spiro atoms. The fourth-order valence-corrected chi connectivity index (χ4v) is 3.08. The maximum absolute atomic E-state index is 11.9. The molecule has 3 heteroatoms. The van der Waals surface area contributed by atoms with Gasteiger partial charge in [-0.2, -0.15) is 0 Å². The van der Waals surface area contributed by atoms with Crippen LogP contribution in [0, 0.1) is 17.8 Å². The van der Waals surface area contributed by atoms with Gasteiger partial charge in [-0.05, 0) is 18.4 Å². The SMILES string of the molecule is CC1=C(CO)C(C)C2C(C(C)C)C(=O)N12. The van der Waals surface area contributed by atoms with E-state index in [1.165, 1.54) is 0 Å². The molecule has 3 unspecified atom stereocenters. The van der Waals surface area contributed by atoms with Gasteiger partial charge in [0.05, 0.1) is 18.6 Å². The highest BCUT2D eigenvalue weighted by atomic mass is 16.3. The van der Waals surface area contributed by atoms with Crippen LogP contribution < -0.4 is 0 Å². The van der Waals surface area contributed by atoms with Gasteiger partial charge in [0.2, 0.25) is 5.91 Å². The maximum atomic E-state index is 11.9. The highest BCUT2D eigenvalue weighted by molar-refractivity contribution is 5.89. The van der Waals surface area contributed by atoms with Crippen molar-refractivity contribution in [1.82, 2.24) is 4.90 Å². The molecule has 0 aromatic rings. The fraction of sp³-hybridized carbons (Fsp3) is 0.750. The molecule has 1 saturated heterocycles. The number of aliphatic hydroxyl groups excluding tert-OH is 1. The molecule has 0 aromatic heterocycles. The predicted octanol–water partition coefficient (Wildman–Crippen LogP) is 1.39. The molecule has 1 fully saturated rings. The van der Waals surface area contributed by atoms with E-state index in [0.29, 0.717) is 17.9 Å². The van der Waals surface area contributed by atoms with E-state index in [-0.39, 0.29) is 18.4 Å². The molecule has 0 bridgehead atoms. The standard InChI is InChI=1S/C12H19NO2/c1-6(2)10-11-7(3)9(5-14)8(4)13(11)12(10)15/h6-7,10-11,14H,5H2,1-4H3. The van der Waals surface area contributed by atoms with Crippen molar-refractivity contribution in [2.24, 2.45) is 17.8 Å². The van der Waals surface area contributed by atoms with Crippen molar-refractivity contribution in [3.8, 4) is 0 Å². The zero-order valence-electron chi connectivity index (χ0n) is 9.82. The normalized spacial score (nSPS) is 34.9. The third-order valence-corrected chi connectivity index (χ3v) is 3.97. The molecule has 0 aromatic carbocycles. The minimum Gasteiger partial charge on any atom is -0.392 e. The topological polar surface area (TPSA) is 40.5 Å². The van der Waals surface area contributed by atoms with Gasteiger partial charge < -0.3 is 10.0 Å². The number of β-lactam (4-membered cyclic amide) rings is 1. The molecule has 15 heavy (non-hydrogen) atoms. The Labute approximate surface area is 90.8 Å².